The van der Waals surface area contributed by atoms with Gasteiger partial charge in [0, 0.05) is 23.3 Å². The van der Waals surface area contributed by atoms with Crippen LogP contribution in [-0.2, 0) is 35.6 Å². The highest BCUT2D eigenvalue weighted by molar-refractivity contribution is 7.89. The molecule has 2 aromatic rings. The van der Waals surface area contributed by atoms with E-state index < -0.39 is 74.4 Å². The quantitative estimate of drug-likeness (QED) is 0.399. The molecule has 1 saturated carbocycles. The molecule has 6 rings (SSSR count). The SMILES string of the molecule is Cc1nc2c(F)cccc2c2c1O[C@]1(CC2)C[C@H]2C(=O)N[C@]3(C(=O)NS(C)(=O)=O)C[C@H]3/C=C\CCCCC[C@H](NC(=O)OC(C)(C)C)C(=O)N2C1. The predicted octanol–water partition coefficient (Wildman–Crippen LogP) is 3.71. The fourth-order valence-electron chi connectivity index (χ4n) is 7.60. The van der Waals surface area contributed by atoms with Crippen LogP contribution in [0, 0.1) is 18.7 Å². The zero-order chi connectivity index (χ0) is 36.9. The van der Waals surface area contributed by atoms with Crippen molar-refractivity contribution < 1.29 is 41.5 Å². The Bertz CT molecular complexity index is 1910. The number of allylic oxidation sites excluding steroid dienone is 1. The fourth-order valence-corrected chi connectivity index (χ4v) is 8.12. The van der Waals surface area contributed by atoms with Gasteiger partial charge in [-0.15, -0.1) is 0 Å². The van der Waals surface area contributed by atoms with Crippen LogP contribution >= 0.6 is 0 Å². The number of carbonyl (C=O) groups excluding carboxylic acids is 4. The number of nitrogens with one attached hydrogen (secondary N) is 3. The maximum Gasteiger partial charge on any atom is 0.408 e. The molecule has 1 saturated heterocycles. The molecule has 1 aromatic heterocycles. The number of nitrogens with zero attached hydrogens (tertiary/aromatic N) is 2. The summed E-state index contributed by atoms with van der Waals surface area (Å²) in [7, 11) is -3.94. The van der Waals surface area contributed by atoms with Crippen molar-refractivity contribution in [2.45, 2.75) is 114 Å². The first-order valence-corrected chi connectivity index (χ1v) is 19.4. The summed E-state index contributed by atoms with van der Waals surface area (Å²) in [6, 6.07) is 2.60. The highest BCUT2D eigenvalue weighted by Crippen LogP contribution is 2.48. The Morgan fingerprint density at radius 3 is 2.65 bits per heavy atom. The van der Waals surface area contributed by atoms with Crippen molar-refractivity contribution >= 4 is 44.7 Å². The number of aromatic nitrogens is 1. The third-order valence-electron chi connectivity index (χ3n) is 10.1. The molecule has 276 valence electrons. The van der Waals surface area contributed by atoms with E-state index in [1.165, 1.54) is 11.0 Å². The van der Waals surface area contributed by atoms with Crippen molar-refractivity contribution in [3.05, 3.63) is 47.4 Å². The number of hydrogen-bond donors (Lipinski definition) is 3. The van der Waals surface area contributed by atoms with Crippen LogP contribution in [0.2, 0.25) is 0 Å². The number of benzene rings is 1. The molecule has 0 bridgehead atoms. The highest BCUT2D eigenvalue weighted by Gasteiger charge is 2.62. The summed E-state index contributed by atoms with van der Waals surface area (Å²) in [6.45, 7) is 6.87. The van der Waals surface area contributed by atoms with E-state index in [1.807, 2.05) is 16.9 Å². The Morgan fingerprint density at radius 1 is 1.16 bits per heavy atom. The topological polar surface area (TPSA) is 173 Å². The molecule has 13 nitrogen and oxygen atoms in total. The Labute approximate surface area is 297 Å². The number of sulfonamides is 1. The largest absolute Gasteiger partial charge is 0.483 e. The lowest BCUT2D eigenvalue weighted by atomic mass is 9.87. The van der Waals surface area contributed by atoms with E-state index >= 15 is 0 Å². The number of para-hydroxylation sites is 1. The maximum absolute atomic E-state index is 14.7. The van der Waals surface area contributed by atoms with Gasteiger partial charge in [0.2, 0.25) is 21.8 Å². The first-order valence-electron chi connectivity index (χ1n) is 17.5. The van der Waals surface area contributed by atoms with E-state index in [0.717, 1.165) is 24.7 Å². The summed E-state index contributed by atoms with van der Waals surface area (Å²) in [4.78, 5) is 61.2. The summed E-state index contributed by atoms with van der Waals surface area (Å²) >= 11 is 0. The number of halogens is 1. The summed E-state index contributed by atoms with van der Waals surface area (Å²) < 4.78 is 53.1. The van der Waals surface area contributed by atoms with Crippen LogP contribution in [0.3, 0.4) is 0 Å². The lowest BCUT2D eigenvalue weighted by Crippen LogP contribution is -2.58. The minimum atomic E-state index is -3.94. The average molecular weight is 728 g/mol. The smallest absolute Gasteiger partial charge is 0.408 e. The lowest BCUT2D eigenvalue weighted by Gasteiger charge is -2.36. The summed E-state index contributed by atoms with van der Waals surface area (Å²) in [6.07, 6.45) is 8.05. The van der Waals surface area contributed by atoms with Gasteiger partial charge in [0.05, 0.1) is 18.5 Å². The molecular weight excluding hydrogens is 681 g/mol. The minimum Gasteiger partial charge on any atom is -0.483 e. The maximum atomic E-state index is 14.7. The predicted molar refractivity (Wildman–Crippen MR) is 186 cm³/mol. The van der Waals surface area contributed by atoms with E-state index in [1.54, 1.807) is 39.8 Å². The van der Waals surface area contributed by atoms with Crippen LogP contribution in [0.25, 0.3) is 10.9 Å². The molecule has 4 heterocycles. The van der Waals surface area contributed by atoms with Crippen LogP contribution in [-0.4, -0.2) is 83.7 Å². The van der Waals surface area contributed by atoms with E-state index in [2.05, 4.69) is 15.6 Å². The minimum absolute atomic E-state index is 0.0116. The van der Waals surface area contributed by atoms with Gasteiger partial charge in [-0.3, -0.25) is 19.1 Å². The van der Waals surface area contributed by atoms with Crippen LogP contribution < -0.4 is 20.1 Å². The fraction of sp³-hybridized carbons (Fsp3) is 0.583. The zero-order valence-electron chi connectivity index (χ0n) is 29.6. The van der Waals surface area contributed by atoms with Crippen LogP contribution in [0.1, 0.15) is 83.4 Å². The number of aryl methyl sites for hydroxylation is 2. The van der Waals surface area contributed by atoms with Gasteiger partial charge in [0.25, 0.3) is 5.91 Å². The molecule has 4 aliphatic rings. The van der Waals surface area contributed by atoms with Gasteiger partial charge >= 0.3 is 6.09 Å². The molecule has 3 N–H and O–H groups in total. The van der Waals surface area contributed by atoms with E-state index in [0.29, 0.717) is 48.9 Å². The molecule has 0 radical (unpaired) electrons. The second-order valence-corrected chi connectivity index (χ2v) is 17.1. The van der Waals surface area contributed by atoms with E-state index in [-0.39, 0.29) is 24.9 Å². The normalized spacial score (nSPS) is 29.0. The van der Waals surface area contributed by atoms with Crippen molar-refractivity contribution in [3.63, 3.8) is 0 Å². The summed E-state index contributed by atoms with van der Waals surface area (Å²) in [5.41, 5.74) is -1.90. The molecule has 51 heavy (non-hydrogen) atoms. The lowest BCUT2D eigenvalue weighted by molar-refractivity contribution is -0.141. The number of pyridine rings is 1. The molecule has 0 unspecified atom stereocenters. The molecule has 1 aromatic carbocycles. The van der Waals surface area contributed by atoms with Crippen molar-refractivity contribution in [2.75, 3.05) is 12.8 Å². The molecule has 2 fully saturated rings. The molecule has 4 amide bonds. The molecule has 3 aliphatic heterocycles. The molecule has 15 heteroatoms. The average Bonchev–Trinajstić information content (AvgIpc) is 3.60. The molecule has 1 spiro atoms. The molecule has 5 atom stereocenters. The molecule has 1 aliphatic carbocycles. The number of fused-ring (bicyclic) bond motifs is 5. The van der Waals surface area contributed by atoms with E-state index in [9.17, 15) is 32.0 Å². The number of amides is 4. The number of ether oxygens (including phenoxy) is 2. The monoisotopic (exact) mass is 727 g/mol. The Hall–Kier alpha value is -4.27. The Kier molecular flexibility index (Phi) is 9.57. The second-order valence-electron chi connectivity index (χ2n) is 15.4. The number of carbonyl (C=O) groups is 4. The standard InChI is InChI=1S/C36H46FN5O8S/c1-21-29-24(23-13-11-14-25(37)28(23)38-21)16-17-35(49-29)19-27-30(43)40-36(32(45)41-51(5,47)48)18-22(36)12-9-7-6-8-10-15-26(31(44)42(27)20-35)39-33(46)50-34(2,3)4/h9,11-14,22,26-27H,6-8,10,15-20H2,1-5H3,(H,39,46)(H,40,43)(H,41,45)/b12-9-/t22-,26+,27+,35-,36-/m1/s1. The Balaban J connectivity index is 1.37. The van der Waals surface area contributed by atoms with Crippen molar-refractivity contribution in [1.29, 1.82) is 0 Å². The summed E-state index contributed by atoms with van der Waals surface area (Å²) in [5, 5.41) is 6.20. The molecular formula is C36H46FN5O8S. The van der Waals surface area contributed by atoms with Gasteiger partial charge in [-0.1, -0.05) is 37.1 Å². The highest BCUT2D eigenvalue weighted by atomic mass is 32.2. The van der Waals surface area contributed by atoms with E-state index in [4.69, 9.17) is 9.47 Å². The van der Waals surface area contributed by atoms with Crippen molar-refractivity contribution in [3.8, 4) is 5.75 Å². The number of alkyl carbamates (subject to hydrolysis) is 1. The van der Waals surface area contributed by atoms with Gasteiger partial charge in [-0.05, 0) is 72.3 Å². The van der Waals surface area contributed by atoms with Gasteiger partial charge in [0.15, 0.2) is 0 Å². The Morgan fingerprint density at radius 2 is 1.92 bits per heavy atom. The van der Waals surface area contributed by atoms with Crippen LogP contribution in [0.5, 0.6) is 5.75 Å². The van der Waals surface area contributed by atoms with Gasteiger partial charge in [-0.2, -0.15) is 0 Å². The summed E-state index contributed by atoms with van der Waals surface area (Å²) in [5.74, 6) is -2.42. The first kappa shape index (κ1) is 36.5. The second kappa shape index (κ2) is 13.4. The number of rotatable bonds is 3. The van der Waals surface area contributed by atoms with Crippen LogP contribution in [0.15, 0.2) is 30.4 Å². The van der Waals surface area contributed by atoms with Crippen LogP contribution in [0.4, 0.5) is 9.18 Å². The first-order chi connectivity index (χ1) is 23.9. The van der Waals surface area contributed by atoms with Gasteiger partial charge < -0.3 is 25.0 Å². The van der Waals surface area contributed by atoms with Crippen molar-refractivity contribution in [1.82, 2.24) is 25.2 Å². The van der Waals surface area contributed by atoms with Gasteiger partial charge in [-0.25, -0.2) is 22.6 Å². The van der Waals surface area contributed by atoms with Crippen molar-refractivity contribution in [2.24, 2.45) is 5.92 Å². The third kappa shape index (κ3) is 7.68. The van der Waals surface area contributed by atoms with Gasteiger partial charge in [0.1, 0.15) is 45.9 Å². The number of hydrogen-bond acceptors (Lipinski definition) is 9. The third-order valence-corrected chi connectivity index (χ3v) is 10.7. The zero-order valence-corrected chi connectivity index (χ0v) is 30.5.